The van der Waals surface area contributed by atoms with Gasteiger partial charge >= 0.3 is 5.97 Å². The molecule has 0 saturated heterocycles. The maximum atomic E-state index is 10.5. The van der Waals surface area contributed by atoms with E-state index in [-0.39, 0.29) is 6.54 Å². The van der Waals surface area contributed by atoms with E-state index < -0.39 is 5.97 Å². The van der Waals surface area contributed by atoms with Crippen LogP contribution in [-0.4, -0.2) is 42.7 Å². The van der Waals surface area contributed by atoms with Gasteiger partial charge in [0.2, 0.25) is 0 Å². The molecule has 0 aliphatic rings. The Labute approximate surface area is 112 Å². The summed E-state index contributed by atoms with van der Waals surface area (Å²) in [5.74, 6) is 0.00878. The monoisotopic (exact) mass is 259 g/mol. The number of carbonyl (C=O) groups is 1. The Kier molecular flexibility index (Phi) is 4.36. The number of carboxylic acids is 1. The van der Waals surface area contributed by atoms with Gasteiger partial charge < -0.3 is 9.84 Å². The van der Waals surface area contributed by atoms with E-state index in [4.69, 9.17) is 9.84 Å². The van der Waals surface area contributed by atoms with Crippen LogP contribution in [0.2, 0.25) is 0 Å². The molecule has 2 aromatic rings. The Balaban J connectivity index is 1.97. The van der Waals surface area contributed by atoms with E-state index in [1.54, 1.807) is 11.9 Å². The van der Waals surface area contributed by atoms with E-state index in [2.05, 4.69) is 0 Å². The van der Waals surface area contributed by atoms with Crippen LogP contribution in [0.15, 0.2) is 42.5 Å². The maximum Gasteiger partial charge on any atom is 0.317 e. The summed E-state index contributed by atoms with van der Waals surface area (Å²) in [5, 5.41) is 10.9. The number of nitrogens with zero attached hydrogens (tertiary/aromatic N) is 1. The van der Waals surface area contributed by atoms with E-state index in [0.717, 1.165) is 16.5 Å². The molecule has 0 heterocycles. The molecule has 2 aromatic carbocycles. The quantitative estimate of drug-likeness (QED) is 0.864. The number of benzene rings is 2. The number of ether oxygens (including phenoxy) is 1. The zero-order chi connectivity index (χ0) is 13.7. The van der Waals surface area contributed by atoms with Crippen LogP contribution in [0.25, 0.3) is 10.8 Å². The molecule has 0 fully saturated rings. The molecule has 4 heteroatoms. The van der Waals surface area contributed by atoms with Gasteiger partial charge in [0.15, 0.2) is 0 Å². The molecule has 0 aliphatic carbocycles. The normalized spacial score (nSPS) is 10.8. The van der Waals surface area contributed by atoms with Crippen molar-refractivity contribution in [2.75, 3.05) is 26.7 Å². The fourth-order valence-corrected chi connectivity index (χ4v) is 1.94. The lowest BCUT2D eigenvalue weighted by molar-refractivity contribution is -0.138. The molecule has 0 aliphatic heterocycles. The summed E-state index contributed by atoms with van der Waals surface area (Å²) in [7, 11) is 1.76. The minimum absolute atomic E-state index is 0.0267. The molecule has 4 nitrogen and oxygen atoms in total. The van der Waals surface area contributed by atoms with Crippen molar-refractivity contribution < 1.29 is 14.6 Å². The van der Waals surface area contributed by atoms with Crippen molar-refractivity contribution >= 4 is 16.7 Å². The first-order chi connectivity index (χ1) is 9.16. The maximum absolute atomic E-state index is 10.5. The van der Waals surface area contributed by atoms with Crippen molar-refractivity contribution in [1.29, 1.82) is 0 Å². The SMILES string of the molecule is CN(CCOc1cccc2ccccc12)CC(=O)O. The highest BCUT2D eigenvalue weighted by atomic mass is 16.5. The summed E-state index contributed by atoms with van der Waals surface area (Å²) in [6, 6.07) is 14.0. The largest absolute Gasteiger partial charge is 0.492 e. The minimum Gasteiger partial charge on any atom is -0.492 e. The van der Waals surface area contributed by atoms with E-state index >= 15 is 0 Å². The molecule has 0 aromatic heterocycles. The Morgan fingerprint density at radius 3 is 2.74 bits per heavy atom. The highest BCUT2D eigenvalue weighted by molar-refractivity contribution is 5.88. The van der Waals surface area contributed by atoms with Gasteiger partial charge in [0, 0.05) is 11.9 Å². The fourth-order valence-electron chi connectivity index (χ4n) is 1.94. The Morgan fingerprint density at radius 1 is 1.21 bits per heavy atom. The average Bonchev–Trinajstić information content (AvgIpc) is 2.38. The van der Waals surface area contributed by atoms with Crippen molar-refractivity contribution in [3.8, 4) is 5.75 Å². The average molecular weight is 259 g/mol. The first-order valence-electron chi connectivity index (χ1n) is 6.18. The van der Waals surface area contributed by atoms with E-state index in [9.17, 15) is 4.79 Å². The van der Waals surface area contributed by atoms with Crippen LogP contribution in [0, 0.1) is 0 Å². The van der Waals surface area contributed by atoms with Gasteiger partial charge in [-0.1, -0.05) is 36.4 Å². The molecule has 19 heavy (non-hydrogen) atoms. The third-order valence-corrected chi connectivity index (χ3v) is 2.89. The summed E-state index contributed by atoms with van der Waals surface area (Å²) in [5.41, 5.74) is 0. The number of fused-ring (bicyclic) bond motifs is 1. The number of carboxylic acid groups (broad SMARTS) is 1. The molecule has 0 amide bonds. The van der Waals surface area contributed by atoms with Crippen molar-refractivity contribution in [1.82, 2.24) is 4.90 Å². The molecule has 100 valence electrons. The van der Waals surface area contributed by atoms with Crippen LogP contribution < -0.4 is 4.74 Å². The number of hydrogen-bond acceptors (Lipinski definition) is 3. The highest BCUT2D eigenvalue weighted by Crippen LogP contribution is 2.24. The standard InChI is InChI=1S/C15H17NO3/c1-16(11-15(17)18)9-10-19-14-8-4-6-12-5-2-3-7-13(12)14/h2-8H,9-11H2,1H3,(H,17,18). The van der Waals surface area contributed by atoms with Gasteiger partial charge in [0.05, 0.1) is 6.54 Å². The molecular weight excluding hydrogens is 242 g/mol. The second-order valence-electron chi connectivity index (χ2n) is 4.46. The molecule has 1 N–H and O–H groups in total. The van der Waals surface area contributed by atoms with Crippen LogP contribution in [-0.2, 0) is 4.79 Å². The van der Waals surface area contributed by atoms with Crippen LogP contribution >= 0.6 is 0 Å². The topological polar surface area (TPSA) is 49.8 Å². The van der Waals surface area contributed by atoms with Gasteiger partial charge in [-0.05, 0) is 18.5 Å². The summed E-state index contributed by atoms with van der Waals surface area (Å²) in [6.45, 7) is 1.08. The van der Waals surface area contributed by atoms with E-state index in [1.807, 2.05) is 42.5 Å². The summed E-state index contributed by atoms with van der Waals surface area (Å²) >= 11 is 0. The molecule has 2 rings (SSSR count). The van der Waals surface area contributed by atoms with E-state index in [0.29, 0.717) is 13.2 Å². The molecular formula is C15H17NO3. The van der Waals surface area contributed by atoms with Crippen molar-refractivity contribution in [2.45, 2.75) is 0 Å². The van der Waals surface area contributed by atoms with Crippen molar-refractivity contribution in [3.05, 3.63) is 42.5 Å². The van der Waals surface area contributed by atoms with Crippen LogP contribution in [0.4, 0.5) is 0 Å². The summed E-state index contributed by atoms with van der Waals surface area (Å²) in [4.78, 5) is 12.3. The molecule has 0 unspecified atom stereocenters. The van der Waals surface area contributed by atoms with Gasteiger partial charge in [0.25, 0.3) is 0 Å². The van der Waals surface area contributed by atoms with Crippen molar-refractivity contribution in [2.24, 2.45) is 0 Å². The highest BCUT2D eigenvalue weighted by Gasteiger charge is 2.05. The number of rotatable bonds is 6. The van der Waals surface area contributed by atoms with E-state index in [1.165, 1.54) is 0 Å². The number of aliphatic carboxylic acids is 1. The first kappa shape index (κ1) is 13.4. The van der Waals surface area contributed by atoms with Gasteiger partial charge in [-0.15, -0.1) is 0 Å². The fraction of sp³-hybridized carbons (Fsp3) is 0.267. The van der Waals surface area contributed by atoms with Gasteiger partial charge in [-0.3, -0.25) is 9.69 Å². The summed E-state index contributed by atoms with van der Waals surface area (Å²) in [6.07, 6.45) is 0. The van der Waals surface area contributed by atoms with Crippen molar-refractivity contribution in [3.63, 3.8) is 0 Å². The van der Waals surface area contributed by atoms with Gasteiger partial charge in [-0.2, -0.15) is 0 Å². The van der Waals surface area contributed by atoms with Crippen LogP contribution in [0.1, 0.15) is 0 Å². The lowest BCUT2D eigenvalue weighted by Gasteiger charge is -2.15. The molecule has 0 atom stereocenters. The smallest absolute Gasteiger partial charge is 0.317 e. The lowest BCUT2D eigenvalue weighted by atomic mass is 10.1. The Morgan fingerprint density at radius 2 is 1.95 bits per heavy atom. The van der Waals surface area contributed by atoms with Crippen LogP contribution in [0.5, 0.6) is 5.75 Å². The molecule has 0 spiro atoms. The Hall–Kier alpha value is -2.07. The first-order valence-corrected chi connectivity index (χ1v) is 6.18. The molecule has 0 radical (unpaired) electrons. The van der Waals surface area contributed by atoms with Crippen LogP contribution in [0.3, 0.4) is 0 Å². The Bertz CT molecular complexity index is 563. The number of hydrogen-bond donors (Lipinski definition) is 1. The second kappa shape index (κ2) is 6.20. The van der Waals surface area contributed by atoms with Gasteiger partial charge in [0.1, 0.15) is 12.4 Å². The molecule has 0 bridgehead atoms. The van der Waals surface area contributed by atoms with Gasteiger partial charge in [-0.25, -0.2) is 0 Å². The predicted molar refractivity (Wildman–Crippen MR) is 74.6 cm³/mol. The third-order valence-electron chi connectivity index (χ3n) is 2.89. The molecule has 0 saturated carbocycles. The minimum atomic E-state index is -0.826. The second-order valence-corrected chi connectivity index (χ2v) is 4.46. The predicted octanol–water partition coefficient (Wildman–Crippen LogP) is 2.23. The third kappa shape index (κ3) is 3.69. The number of likely N-dealkylation sites (N-methyl/N-ethyl adjacent to an activating group) is 1. The zero-order valence-electron chi connectivity index (χ0n) is 10.9. The summed E-state index contributed by atoms with van der Waals surface area (Å²) < 4.78 is 5.74. The zero-order valence-corrected chi connectivity index (χ0v) is 10.9. The lowest BCUT2D eigenvalue weighted by Crippen LogP contribution is -2.29.